The number of nitrogens with one attached hydrogen (secondary N) is 3. The van der Waals surface area contributed by atoms with Crippen LogP contribution in [0.3, 0.4) is 0 Å². The molecule has 0 radical (unpaired) electrons. The van der Waals surface area contributed by atoms with Crippen LogP contribution in [-0.4, -0.2) is 15.1 Å². The topological polar surface area (TPSA) is 107 Å². The van der Waals surface area contributed by atoms with Gasteiger partial charge in [-0.2, -0.15) is 4.39 Å². The molecule has 0 fully saturated rings. The molecule has 0 saturated heterocycles. The summed E-state index contributed by atoms with van der Waals surface area (Å²) in [5, 5.41) is 14.5. The van der Waals surface area contributed by atoms with Crippen LogP contribution in [0.25, 0.3) is 11.0 Å². The molecule has 0 aliphatic carbocycles. The van der Waals surface area contributed by atoms with Crippen LogP contribution < -0.4 is 21.5 Å². The lowest BCUT2D eigenvalue weighted by Gasteiger charge is -2.15. The third-order valence-electron chi connectivity index (χ3n) is 4.27. The van der Waals surface area contributed by atoms with Gasteiger partial charge in [-0.3, -0.25) is 9.59 Å². The summed E-state index contributed by atoms with van der Waals surface area (Å²) >= 11 is 0. The molecular formula is C18H11F3N4O3. The zero-order chi connectivity index (χ0) is 20.0. The van der Waals surface area contributed by atoms with Crippen LogP contribution in [0.4, 0.5) is 30.2 Å². The first kappa shape index (κ1) is 17.6. The molecule has 1 aromatic heterocycles. The molecule has 3 aromatic carbocycles. The van der Waals surface area contributed by atoms with Gasteiger partial charge in [0.05, 0.1) is 17.4 Å². The number of benzene rings is 2. The van der Waals surface area contributed by atoms with E-state index in [2.05, 4.69) is 20.6 Å². The van der Waals surface area contributed by atoms with Gasteiger partial charge in [0.15, 0.2) is 17.4 Å². The first-order valence-corrected chi connectivity index (χ1v) is 7.99. The SMILES string of the molecule is O=c1c(NCc2cc(F)c(F)c(O)c2F)c(Nc2ccc3[nH]cnc3c2)c1=O. The van der Waals surface area contributed by atoms with Gasteiger partial charge >= 0.3 is 0 Å². The molecule has 0 saturated carbocycles. The highest BCUT2D eigenvalue weighted by Gasteiger charge is 2.23. The molecule has 4 aromatic rings. The number of hydrogen-bond donors (Lipinski definition) is 4. The van der Waals surface area contributed by atoms with E-state index < -0.39 is 46.2 Å². The zero-order valence-corrected chi connectivity index (χ0v) is 13.9. The molecule has 7 nitrogen and oxygen atoms in total. The van der Waals surface area contributed by atoms with Crippen LogP contribution in [-0.2, 0) is 6.54 Å². The summed E-state index contributed by atoms with van der Waals surface area (Å²) in [5.41, 5.74) is -0.295. The van der Waals surface area contributed by atoms with Gasteiger partial charge in [0.2, 0.25) is 5.82 Å². The Morgan fingerprint density at radius 2 is 1.79 bits per heavy atom. The number of nitrogens with zero attached hydrogens (tertiary/aromatic N) is 1. The van der Waals surface area contributed by atoms with E-state index in [0.717, 1.165) is 5.52 Å². The van der Waals surface area contributed by atoms with E-state index in [4.69, 9.17) is 0 Å². The molecule has 0 aliphatic rings. The standard InChI is InChI=1S/C18H11F3N4O3/c19-9-3-7(12(20)16(26)13(9)21)5-22-14-15(18(28)17(14)27)25-8-1-2-10-11(4-8)24-6-23-10/h1-4,6,22,25-26H,5H2,(H,23,24). The summed E-state index contributed by atoms with van der Waals surface area (Å²) in [6, 6.07) is 5.60. The quantitative estimate of drug-likeness (QED) is 0.309. The fourth-order valence-electron chi connectivity index (χ4n) is 2.79. The van der Waals surface area contributed by atoms with Crippen molar-refractivity contribution in [3.8, 4) is 5.75 Å². The zero-order valence-electron chi connectivity index (χ0n) is 13.9. The van der Waals surface area contributed by atoms with E-state index in [1.54, 1.807) is 18.2 Å². The summed E-state index contributed by atoms with van der Waals surface area (Å²) in [7, 11) is 0. The second-order valence-corrected chi connectivity index (χ2v) is 6.02. The summed E-state index contributed by atoms with van der Waals surface area (Å²) in [5.74, 6) is -5.95. The Balaban J connectivity index is 1.58. The summed E-state index contributed by atoms with van der Waals surface area (Å²) in [4.78, 5) is 30.7. The van der Waals surface area contributed by atoms with Crippen LogP contribution in [0.2, 0.25) is 0 Å². The molecule has 0 aliphatic heterocycles. The smallest absolute Gasteiger partial charge is 0.253 e. The third kappa shape index (κ3) is 2.75. The predicted molar refractivity (Wildman–Crippen MR) is 96.0 cm³/mol. The molecule has 0 spiro atoms. The number of halogens is 3. The van der Waals surface area contributed by atoms with E-state index >= 15 is 0 Å². The number of rotatable bonds is 5. The molecule has 10 heteroatoms. The Labute approximate surface area is 154 Å². The largest absolute Gasteiger partial charge is 0.503 e. The van der Waals surface area contributed by atoms with Crippen molar-refractivity contribution >= 4 is 28.1 Å². The van der Waals surface area contributed by atoms with Crippen molar-refractivity contribution in [1.29, 1.82) is 0 Å². The minimum Gasteiger partial charge on any atom is -0.503 e. The number of imidazole rings is 1. The van der Waals surface area contributed by atoms with Gasteiger partial charge in [-0.1, -0.05) is 0 Å². The number of aromatic hydroxyl groups is 1. The highest BCUT2D eigenvalue weighted by molar-refractivity contribution is 5.84. The number of phenols is 1. The summed E-state index contributed by atoms with van der Waals surface area (Å²) in [6.07, 6.45) is 1.50. The van der Waals surface area contributed by atoms with E-state index in [-0.39, 0.29) is 11.4 Å². The first-order valence-electron chi connectivity index (χ1n) is 7.99. The highest BCUT2D eigenvalue weighted by atomic mass is 19.2. The van der Waals surface area contributed by atoms with Gasteiger partial charge in [-0.05, 0) is 24.3 Å². The number of hydrogen-bond acceptors (Lipinski definition) is 6. The summed E-state index contributed by atoms with van der Waals surface area (Å²) < 4.78 is 40.4. The lowest BCUT2D eigenvalue weighted by molar-refractivity contribution is 0.373. The van der Waals surface area contributed by atoms with Gasteiger partial charge in [0, 0.05) is 17.8 Å². The molecule has 0 atom stereocenters. The second-order valence-electron chi connectivity index (χ2n) is 6.02. The maximum atomic E-state index is 13.9. The minimum atomic E-state index is -1.70. The lowest BCUT2D eigenvalue weighted by atomic mass is 10.1. The molecule has 28 heavy (non-hydrogen) atoms. The molecule has 0 amide bonds. The maximum absolute atomic E-state index is 13.9. The fourth-order valence-corrected chi connectivity index (χ4v) is 2.79. The van der Waals surface area contributed by atoms with Crippen molar-refractivity contribution < 1.29 is 18.3 Å². The first-order chi connectivity index (χ1) is 13.4. The number of H-pyrrole nitrogens is 1. The Morgan fingerprint density at radius 3 is 2.57 bits per heavy atom. The van der Waals surface area contributed by atoms with E-state index in [9.17, 15) is 27.9 Å². The van der Waals surface area contributed by atoms with Crippen LogP contribution >= 0.6 is 0 Å². The second kappa shape index (κ2) is 6.41. The number of anilines is 3. The monoisotopic (exact) mass is 388 g/mol. The number of phenolic OH excluding ortho intramolecular Hbond substituents is 1. The Kier molecular flexibility index (Phi) is 4.03. The van der Waals surface area contributed by atoms with Gasteiger partial charge in [-0.15, -0.1) is 0 Å². The maximum Gasteiger partial charge on any atom is 0.253 e. The number of aromatic amines is 1. The Morgan fingerprint density at radius 1 is 1.04 bits per heavy atom. The normalized spacial score (nSPS) is 11.2. The van der Waals surface area contributed by atoms with Crippen LogP contribution in [0.5, 0.6) is 5.75 Å². The van der Waals surface area contributed by atoms with E-state index in [1.165, 1.54) is 6.33 Å². The Bertz CT molecular complexity index is 1290. The van der Waals surface area contributed by atoms with Crippen LogP contribution in [0.15, 0.2) is 40.2 Å². The molecule has 0 unspecified atom stereocenters. The van der Waals surface area contributed by atoms with Crippen molar-refractivity contribution in [3.63, 3.8) is 0 Å². The molecule has 1 heterocycles. The van der Waals surface area contributed by atoms with E-state index in [1.807, 2.05) is 0 Å². The average molecular weight is 388 g/mol. The lowest BCUT2D eigenvalue weighted by Crippen LogP contribution is -2.36. The van der Waals surface area contributed by atoms with Crippen LogP contribution in [0.1, 0.15) is 5.56 Å². The van der Waals surface area contributed by atoms with Gasteiger partial charge in [-0.25, -0.2) is 13.8 Å². The average Bonchev–Trinajstić information content (AvgIpc) is 3.16. The van der Waals surface area contributed by atoms with Crippen molar-refractivity contribution in [2.24, 2.45) is 0 Å². The van der Waals surface area contributed by atoms with Crippen molar-refractivity contribution in [2.45, 2.75) is 6.54 Å². The highest BCUT2D eigenvalue weighted by Crippen LogP contribution is 2.27. The molecular weight excluding hydrogens is 377 g/mol. The molecule has 4 N–H and O–H groups in total. The van der Waals surface area contributed by atoms with Gasteiger partial charge in [0.25, 0.3) is 10.9 Å². The van der Waals surface area contributed by atoms with Crippen molar-refractivity contribution in [2.75, 3.05) is 10.6 Å². The minimum absolute atomic E-state index is 0.0490. The molecule has 142 valence electrons. The van der Waals surface area contributed by atoms with Gasteiger partial charge < -0.3 is 20.7 Å². The summed E-state index contributed by atoms with van der Waals surface area (Å²) in [6.45, 7) is -0.450. The van der Waals surface area contributed by atoms with Crippen molar-refractivity contribution in [3.05, 3.63) is 74.1 Å². The van der Waals surface area contributed by atoms with Crippen LogP contribution in [0, 0.1) is 17.5 Å². The van der Waals surface area contributed by atoms with E-state index in [0.29, 0.717) is 17.3 Å². The van der Waals surface area contributed by atoms with Gasteiger partial charge in [0.1, 0.15) is 11.4 Å². The number of fused-ring (bicyclic) bond motifs is 1. The molecule has 0 bridgehead atoms. The Hall–Kier alpha value is -3.82. The third-order valence-corrected chi connectivity index (χ3v) is 4.27. The fraction of sp³-hybridized carbons (Fsp3) is 0.0556. The number of aromatic nitrogens is 2. The van der Waals surface area contributed by atoms with Crippen molar-refractivity contribution in [1.82, 2.24) is 9.97 Å². The molecule has 4 rings (SSSR count). The predicted octanol–water partition coefficient (Wildman–Crippen LogP) is 2.64.